The molecule has 1 aromatic heterocycles. The zero-order valence-corrected chi connectivity index (χ0v) is 19.0. The average Bonchev–Trinajstić information content (AvgIpc) is 3.20. The molecule has 5 heteroatoms. The molecule has 1 unspecified atom stereocenters. The number of fused-ring (bicyclic) bond motifs is 1. The Morgan fingerprint density at radius 1 is 1.30 bits per heavy atom. The number of thiophene rings is 1. The minimum absolute atomic E-state index is 0.115. The van der Waals surface area contributed by atoms with Crippen LogP contribution in [0.4, 0.5) is 0 Å². The Morgan fingerprint density at radius 3 is 2.87 bits per heavy atom. The normalized spacial score (nSPS) is 23.3. The number of unbranched alkanes of at least 4 members (excludes halogenated alkanes) is 2. The van der Waals surface area contributed by atoms with Crippen molar-refractivity contribution in [2.75, 3.05) is 0 Å². The summed E-state index contributed by atoms with van der Waals surface area (Å²) in [5.41, 5.74) is 0. The molecule has 162 valence electrons. The Balaban J connectivity index is 1.56. The maximum atomic E-state index is 12.3. The summed E-state index contributed by atoms with van der Waals surface area (Å²) in [6.07, 6.45) is 11.9. The van der Waals surface area contributed by atoms with Crippen molar-refractivity contribution in [2.45, 2.75) is 64.1 Å². The summed E-state index contributed by atoms with van der Waals surface area (Å²) in [7, 11) is 0. The molecule has 3 rings (SSSR count). The number of aliphatic hydroxyl groups excluding tert-OH is 2. The van der Waals surface area contributed by atoms with E-state index in [4.69, 9.17) is 11.6 Å². The van der Waals surface area contributed by atoms with Crippen molar-refractivity contribution in [3.63, 3.8) is 0 Å². The van der Waals surface area contributed by atoms with Gasteiger partial charge in [-0.1, -0.05) is 73.9 Å². The van der Waals surface area contributed by atoms with Gasteiger partial charge in [-0.2, -0.15) is 0 Å². The van der Waals surface area contributed by atoms with Crippen molar-refractivity contribution in [3.05, 3.63) is 58.5 Å². The molecule has 1 saturated carbocycles. The number of halogens is 1. The van der Waals surface area contributed by atoms with E-state index in [0.717, 1.165) is 39.2 Å². The molecule has 30 heavy (non-hydrogen) atoms. The highest BCUT2D eigenvalue weighted by molar-refractivity contribution is 7.19. The van der Waals surface area contributed by atoms with E-state index in [1.54, 1.807) is 17.4 Å². The van der Waals surface area contributed by atoms with Crippen molar-refractivity contribution in [3.8, 4) is 0 Å². The fourth-order valence-electron chi connectivity index (χ4n) is 4.07. The predicted octanol–water partition coefficient (Wildman–Crippen LogP) is 6.11. The summed E-state index contributed by atoms with van der Waals surface area (Å²) in [6.45, 7) is 2.16. The van der Waals surface area contributed by atoms with Crippen LogP contribution in [0.25, 0.3) is 10.1 Å². The quantitative estimate of drug-likeness (QED) is 0.342. The summed E-state index contributed by atoms with van der Waals surface area (Å²) < 4.78 is 1.16. The minimum atomic E-state index is -0.660. The number of allylic oxidation sites excluding steroid dienone is 2. The zero-order chi connectivity index (χ0) is 21.5. The Bertz CT molecular complexity index is 901. The van der Waals surface area contributed by atoms with Gasteiger partial charge < -0.3 is 10.2 Å². The van der Waals surface area contributed by atoms with Crippen LogP contribution in [-0.4, -0.2) is 28.2 Å². The van der Waals surface area contributed by atoms with Gasteiger partial charge >= 0.3 is 0 Å². The van der Waals surface area contributed by atoms with Crippen molar-refractivity contribution in [2.24, 2.45) is 11.8 Å². The molecule has 1 aromatic carbocycles. The Morgan fingerprint density at radius 2 is 2.10 bits per heavy atom. The summed E-state index contributed by atoms with van der Waals surface area (Å²) in [4.78, 5) is 13.4. The number of benzene rings is 1. The van der Waals surface area contributed by atoms with Crippen LogP contribution in [0.3, 0.4) is 0 Å². The van der Waals surface area contributed by atoms with E-state index in [2.05, 4.69) is 25.1 Å². The van der Waals surface area contributed by atoms with Gasteiger partial charge in [-0.25, -0.2) is 0 Å². The number of Topliss-reactive ketones (excluding diaryl/α,β-unsaturated/α-hetero) is 1. The van der Waals surface area contributed by atoms with Crippen molar-refractivity contribution < 1.29 is 15.0 Å². The number of hydrogen-bond donors (Lipinski definition) is 2. The lowest BCUT2D eigenvalue weighted by Crippen LogP contribution is -2.19. The number of carbonyl (C=O) groups is 1. The SMILES string of the molecule is CCCC/C=C\C[C@H]1C(=O)C[C@@H](O)[C@@H]1/C=C/C(O)CCc1sc2ccccc2c1Cl. The highest BCUT2D eigenvalue weighted by Gasteiger charge is 2.39. The van der Waals surface area contributed by atoms with E-state index in [1.807, 2.05) is 24.3 Å². The summed E-state index contributed by atoms with van der Waals surface area (Å²) in [6, 6.07) is 8.05. The first-order valence-electron chi connectivity index (χ1n) is 10.9. The first-order chi connectivity index (χ1) is 14.5. The number of aliphatic hydroxyl groups is 2. The number of ketones is 1. The van der Waals surface area contributed by atoms with E-state index in [9.17, 15) is 15.0 Å². The second-order valence-corrected chi connectivity index (χ2v) is 9.61. The van der Waals surface area contributed by atoms with Gasteiger partial charge in [0.2, 0.25) is 0 Å². The first kappa shape index (κ1) is 23.2. The van der Waals surface area contributed by atoms with Gasteiger partial charge in [0, 0.05) is 33.2 Å². The molecule has 1 aliphatic rings. The van der Waals surface area contributed by atoms with Crippen LogP contribution in [0, 0.1) is 11.8 Å². The van der Waals surface area contributed by atoms with E-state index < -0.39 is 12.2 Å². The van der Waals surface area contributed by atoms with Gasteiger partial charge in [0.1, 0.15) is 5.78 Å². The van der Waals surface area contributed by atoms with Gasteiger partial charge in [-0.3, -0.25) is 4.79 Å². The topological polar surface area (TPSA) is 57.5 Å². The molecule has 0 amide bonds. The second-order valence-electron chi connectivity index (χ2n) is 8.10. The van der Waals surface area contributed by atoms with Gasteiger partial charge in [-0.05, 0) is 31.7 Å². The third kappa shape index (κ3) is 5.82. The standard InChI is InChI=1S/C25H31ClO3S/c1-2-3-4-5-6-9-18-19(22(29)16-21(18)28)14-12-17(27)13-15-24-25(26)20-10-7-8-11-23(20)30-24/h5-8,10-12,14,17-19,22,27,29H,2-4,9,13,15-16H2,1H3/b6-5-,14-12+/t17?,18-,19-,22-/m1/s1. The Labute approximate surface area is 188 Å². The predicted molar refractivity (Wildman–Crippen MR) is 126 cm³/mol. The first-order valence-corrected chi connectivity index (χ1v) is 12.1. The van der Waals surface area contributed by atoms with Crippen LogP contribution < -0.4 is 0 Å². The van der Waals surface area contributed by atoms with Gasteiger partial charge in [0.25, 0.3) is 0 Å². The number of rotatable bonds is 10. The van der Waals surface area contributed by atoms with Crippen molar-refractivity contribution >= 4 is 38.8 Å². The van der Waals surface area contributed by atoms with E-state index >= 15 is 0 Å². The van der Waals surface area contributed by atoms with Crippen molar-refractivity contribution in [1.29, 1.82) is 0 Å². The molecular formula is C25H31ClO3S. The minimum Gasteiger partial charge on any atom is -0.392 e. The van der Waals surface area contributed by atoms with Crippen LogP contribution in [0.15, 0.2) is 48.6 Å². The third-order valence-corrected chi connectivity index (χ3v) is 7.61. The van der Waals surface area contributed by atoms with Crippen molar-refractivity contribution in [1.82, 2.24) is 0 Å². The van der Waals surface area contributed by atoms with E-state index in [1.165, 1.54) is 0 Å². The van der Waals surface area contributed by atoms with Crippen LogP contribution in [0.2, 0.25) is 5.02 Å². The highest BCUT2D eigenvalue weighted by Crippen LogP contribution is 2.36. The average molecular weight is 447 g/mol. The molecule has 1 fully saturated rings. The molecular weight excluding hydrogens is 416 g/mol. The third-order valence-electron chi connectivity index (χ3n) is 5.84. The van der Waals surface area contributed by atoms with E-state index in [0.29, 0.717) is 19.3 Å². The Hall–Kier alpha value is -1.46. The second kappa shape index (κ2) is 11.2. The molecule has 2 aromatic rings. The summed E-state index contributed by atoms with van der Waals surface area (Å²) in [5.74, 6) is -0.307. The van der Waals surface area contributed by atoms with Crippen LogP contribution in [0.5, 0.6) is 0 Å². The maximum absolute atomic E-state index is 12.3. The van der Waals surface area contributed by atoms with Gasteiger partial charge in [0.15, 0.2) is 0 Å². The van der Waals surface area contributed by atoms with Crippen LogP contribution in [-0.2, 0) is 11.2 Å². The molecule has 4 atom stereocenters. The molecule has 1 heterocycles. The lowest BCUT2D eigenvalue weighted by atomic mass is 9.90. The molecule has 3 nitrogen and oxygen atoms in total. The molecule has 2 N–H and O–H groups in total. The maximum Gasteiger partial charge on any atom is 0.139 e. The monoisotopic (exact) mass is 446 g/mol. The lowest BCUT2D eigenvalue weighted by Gasteiger charge is -2.16. The molecule has 0 radical (unpaired) electrons. The largest absolute Gasteiger partial charge is 0.392 e. The highest BCUT2D eigenvalue weighted by atomic mass is 35.5. The number of aryl methyl sites for hydroxylation is 1. The molecule has 0 saturated heterocycles. The zero-order valence-electron chi connectivity index (χ0n) is 17.5. The van der Waals surface area contributed by atoms with Gasteiger partial charge in [-0.15, -0.1) is 11.3 Å². The van der Waals surface area contributed by atoms with Crippen LogP contribution in [0.1, 0.15) is 50.3 Å². The fourth-order valence-corrected chi connectivity index (χ4v) is 5.61. The van der Waals surface area contributed by atoms with E-state index in [-0.39, 0.29) is 24.0 Å². The molecule has 0 bridgehead atoms. The number of carbonyl (C=O) groups excluding carboxylic acids is 1. The summed E-state index contributed by atoms with van der Waals surface area (Å²) in [5, 5.41) is 22.6. The fraction of sp³-hybridized carbons (Fsp3) is 0.480. The molecule has 0 spiro atoms. The smallest absolute Gasteiger partial charge is 0.139 e. The molecule has 1 aliphatic carbocycles. The van der Waals surface area contributed by atoms with Gasteiger partial charge in [0.05, 0.1) is 17.2 Å². The van der Waals surface area contributed by atoms with Crippen LogP contribution >= 0.6 is 22.9 Å². The Kier molecular flexibility index (Phi) is 8.70. The lowest BCUT2D eigenvalue weighted by molar-refractivity contribution is -0.121. The number of hydrogen-bond acceptors (Lipinski definition) is 4. The summed E-state index contributed by atoms with van der Waals surface area (Å²) >= 11 is 8.16. The molecule has 0 aliphatic heterocycles.